The molecule has 0 aliphatic heterocycles. The van der Waals surface area contributed by atoms with Gasteiger partial charge in [0.25, 0.3) is 0 Å². The molecule has 28 heavy (non-hydrogen) atoms. The summed E-state index contributed by atoms with van der Waals surface area (Å²) < 4.78 is 41.5. The summed E-state index contributed by atoms with van der Waals surface area (Å²) in [6.07, 6.45) is 1.02. The second kappa shape index (κ2) is 6.96. The molecule has 1 aliphatic rings. The number of nitrogens with one attached hydrogen (secondary N) is 1. The Kier molecular flexibility index (Phi) is 4.61. The van der Waals surface area contributed by atoms with E-state index in [9.17, 15) is 18.0 Å². The summed E-state index contributed by atoms with van der Waals surface area (Å²) in [6, 6.07) is 9.20. The molecular weight excluding hydrogens is 367 g/mol. The van der Waals surface area contributed by atoms with Crippen molar-refractivity contribution < 1.29 is 18.0 Å². The van der Waals surface area contributed by atoms with Crippen LogP contribution in [-0.4, -0.2) is 21.3 Å². The molecule has 0 saturated heterocycles. The number of aromatic nitrogens is 2. The van der Waals surface area contributed by atoms with Crippen LogP contribution >= 0.6 is 0 Å². The average molecular weight is 387 g/mol. The summed E-state index contributed by atoms with van der Waals surface area (Å²) in [4.78, 5) is 16.9. The van der Waals surface area contributed by atoms with E-state index in [1.807, 2.05) is 29.7 Å². The molecule has 1 amide bonds. The van der Waals surface area contributed by atoms with Gasteiger partial charge in [0.2, 0.25) is 5.91 Å². The van der Waals surface area contributed by atoms with Crippen LogP contribution in [0.5, 0.6) is 0 Å². The molecule has 1 N–H and O–H groups in total. The highest BCUT2D eigenvalue weighted by molar-refractivity contribution is 5.78. The molecule has 1 aromatic carbocycles. The summed E-state index contributed by atoms with van der Waals surface area (Å²) in [5.41, 5.74) is 2.16. The topological polar surface area (TPSA) is 46.4 Å². The van der Waals surface area contributed by atoms with Gasteiger partial charge in [-0.1, -0.05) is 18.2 Å². The highest BCUT2D eigenvalue weighted by Gasteiger charge is 2.32. The molecule has 1 unspecified atom stereocenters. The van der Waals surface area contributed by atoms with Crippen molar-refractivity contribution >= 4 is 11.6 Å². The zero-order valence-corrected chi connectivity index (χ0v) is 15.3. The number of nitrogens with zero attached hydrogens (tertiary/aromatic N) is 2. The number of hydrogen-bond donors (Lipinski definition) is 1. The molecular formula is C21H20F3N3O. The quantitative estimate of drug-likeness (QED) is 0.703. The van der Waals surface area contributed by atoms with Crippen LogP contribution < -0.4 is 5.32 Å². The van der Waals surface area contributed by atoms with Crippen LogP contribution in [0.2, 0.25) is 0 Å². The SMILES string of the molecule is Cc1ccn2c(C(CC(=O)NC3CC3)c3cccc(C(F)(F)F)c3)cnc2c1. The third kappa shape index (κ3) is 3.88. The van der Waals surface area contributed by atoms with Crippen molar-refractivity contribution in [1.82, 2.24) is 14.7 Å². The fourth-order valence-corrected chi connectivity index (χ4v) is 3.38. The number of carbonyl (C=O) groups excluding carboxylic acids is 1. The molecule has 3 aromatic rings. The first-order chi connectivity index (χ1) is 13.3. The lowest BCUT2D eigenvalue weighted by atomic mass is 9.91. The van der Waals surface area contributed by atoms with Gasteiger partial charge >= 0.3 is 6.18 Å². The van der Waals surface area contributed by atoms with Gasteiger partial charge in [0.1, 0.15) is 5.65 Å². The Bertz CT molecular complexity index is 1020. The standard InChI is InChI=1S/C21H20F3N3O/c1-13-7-8-27-18(12-25-19(27)9-13)17(11-20(28)26-16-5-6-16)14-3-2-4-15(10-14)21(22,23)24/h2-4,7-10,12,16-17H,5-6,11H2,1H3,(H,26,28). The van der Waals surface area contributed by atoms with Crippen molar-refractivity contribution in [2.75, 3.05) is 0 Å². The van der Waals surface area contributed by atoms with E-state index in [0.29, 0.717) is 16.9 Å². The molecule has 0 spiro atoms. The van der Waals surface area contributed by atoms with E-state index in [1.165, 1.54) is 6.07 Å². The second-order valence-corrected chi connectivity index (χ2v) is 7.34. The van der Waals surface area contributed by atoms with E-state index in [1.54, 1.807) is 12.3 Å². The summed E-state index contributed by atoms with van der Waals surface area (Å²) in [6.45, 7) is 1.95. The maximum atomic E-state index is 13.2. The van der Waals surface area contributed by atoms with Crippen LogP contribution in [0.25, 0.3) is 5.65 Å². The molecule has 4 rings (SSSR count). The van der Waals surface area contributed by atoms with E-state index < -0.39 is 17.7 Å². The van der Waals surface area contributed by atoms with Gasteiger partial charge in [-0.25, -0.2) is 4.98 Å². The lowest BCUT2D eigenvalue weighted by Gasteiger charge is -2.19. The first kappa shape index (κ1) is 18.5. The number of carbonyl (C=O) groups is 1. The van der Waals surface area contributed by atoms with Gasteiger partial charge in [0.15, 0.2) is 0 Å². The number of benzene rings is 1. The molecule has 4 nitrogen and oxygen atoms in total. The Balaban J connectivity index is 1.76. The van der Waals surface area contributed by atoms with Crippen LogP contribution in [0.15, 0.2) is 48.8 Å². The molecule has 1 saturated carbocycles. The molecule has 0 radical (unpaired) electrons. The molecule has 1 atom stereocenters. The molecule has 2 aromatic heterocycles. The predicted molar refractivity (Wildman–Crippen MR) is 99.0 cm³/mol. The fourth-order valence-electron chi connectivity index (χ4n) is 3.38. The number of aryl methyl sites for hydroxylation is 1. The Labute approximate surface area is 160 Å². The highest BCUT2D eigenvalue weighted by atomic mass is 19.4. The Morgan fingerprint density at radius 1 is 1.29 bits per heavy atom. The minimum atomic E-state index is -4.44. The molecule has 1 aliphatic carbocycles. The molecule has 7 heteroatoms. The van der Waals surface area contributed by atoms with E-state index in [2.05, 4.69) is 10.3 Å². The summed E-state index contributed by atoms with van der Waals surface area (Å²) in [5, 5.41) is 2.93. The number of rotatable bonds is 5. The van der Waals surface area contributed by atoms with Crippen LogP contribution in [0.1, 0.15) is 47.6 Å². The number of imidazole rings is 1. The molecule has 1 fully saturated rings. The van der Waals surface area contributed by atoms with Crippen molar-refractivity contribution in [3.05, 3.63) is 71.2 Å². The van der Waals surface area contributed by atoms with Crippen LogP contribution in [0.4, 0.5) is 13.2 Å². The zero-order chi connectivity index (χ0) is 19.9. The van der Waals surface area contributed by atoms with E-state index in [-0.39, 0.29) is 18.4 Å². The minimum absolute atomic E-state index is 0.0689. The van der Waals surface area contributed by atoms with Crippen molar-refractivity contribution in [3.63, 3.8) is 0 Å². The molecule has 146 valence electrons. The third-order valence-electron chi connectivity index (χ3n) is 5.00. The van der Waals surface area contributed by atoms with Gasteiger partial charge in [0.05, 0.1) is 11.3 Å². The van der Waals surface area contributed by atoms with Crippen LogP contribution in [0.3, 0.4) is 0 Å². The first-order valence-electron chi connectivity index (χ1n) is 9.21. The summed E-state index contributed by atoms with van der Waals surface area (Å²) >= 11 is 0. The van der Waals surface area contributed by atoms with E-state index in [0.717, 1.165) is 30.5 Å². The van der Waals surface area contributed by atoms with E-state index >= 15 is 0 Å². The Morgan fingerprint density at radius 3 is 2.79 bits per heavy atom. The average Bonchev–Trinajstić information content (AvgIpc) is 3.36. The maximum Gasteiger partial charge on any atom is 0.416 e. The lowest BCUT2D eigenvalue weighted by molar-refractivity contribution is -0.137. The summed E-state index contributed by atoms with van der Waals surface area (Å²) in [5.74, 6) is -0.689. The smallest absolute Gasteiger partial charge is 0.353 e. The van der Waals surface area contributed by atoms with Crippen LogP contribution in [0, 0.1) is 6.92 Å². The van der Waals surface area contributed by atoms with Gasteiger partial charge in [-0.2, -0.15) is 13.2 Å². The van der Waals surface area contributed by atoms with Crippen molar-refractivity contribution in [2.45, 2.75) is 44.3 Å². The fraction of sp³-hybridized carbons (Fsp3) is 0.333. The zero-order valence-electron chi connectivity index (χ0n) is 15.3. The Hall–Kier alpha value is -2.83. The number of pyridine rings is 1. The second-order valence-electron chi connectivity index (χ2n) is 7.34. The summed E-state index contributed by atoms with van der Waals surface area (Å²) in [7, 11) is 0. The van der Waals surface area contributed by atoms with Gasteiger partial charge in [-0.3, -0.25) is 4.79 Å². The lowest BCUT2D eigenvalue weighted by Crippen LogP contribution is -2.27. The largest absolute Gasteiger partial charge is 0.416 e. The molecule has 0 bridgehead atoms. The van der Waals surface area contributed by atoms with Crippen molar-refractivity contribution in [1.29, 1.82) is 0 Å². The Morgan fingerprint density at radius 2 is 2.07 bits per heavy atom. The van der Waals surface area contributed by atoms with Crippen molar-refractivity contribution in [3.8, 4) is 0 Å². The predicted octanol–water partition coefficient (Wildman–Crippen LogP) is 4.46. The van der Waals surface area contributed by atoms with Crippen molar-refractivity contribution in [2.24, 2.45) is 0 Å². The van der Waals surface area contributed by atoms with Gasteiger partial charge in [-0.15, -0.1) is 0 Å². The van der Waals surface area contributed by atoms with Gasteiger partial charge in [0, 0.05) is 30.8 Å². The number of alkyl halides is 3. The van der Waals surface area contributed by atoms with Gasteiger partial charge < -0.3 is 9.72 Å². The number of amides is 1. The van der Waals surface area contributed by atoms with Gasteiger partial charge in [-0.05, 0) is 49.1 Å². The normalized spacial score (nSPS) is 15.6. The number of halogens is 3. The molecule has 2 heterocycles. The highest BCUT2D eigenvalue weighted by Crippen LogP contribution is 2.35. The monoisotopic (exact) mass is 387 g/mol. The third-order valence-corrected chi connectivity index (χ3v) is 5.00. The first-order valence-corrected chi connectivity index (χ1v) is 9.21. The number of fused-ring (bicyclic) bond motifs is 1. The minimum Gasteiger partial charge on any atom is -0.353 e. The maximum absolute atomic E-state index is 13.2. The number of hydrogen-bond acceptors (Lipinski definition) is 2. The van der Waals surface area contributed by atoms with E-state index in [4.69, 9.17) is 0 Å². The van der Waals surface area contributed by atoms with Crippen LogP contribution in [-0.2, 0) is 11.0 Å².